The molecular formula is C26H27BrN2O3S. The molecule has 2 N–H and O–H groups in total. The first kappa shape index (κ1) is 24.7. The van der Waals surface area contributed by atoms with E-state index in [0.717, 1.165) is 35.2 Å². The van der Waals surface area contributed by atoms with E-state index < -0.39 is 0 Å². The summed E-state index contributed by atoms with van der Waals surface area (Å²) in [5.41, 5.74) is 2.34. The molecule has 0 aliphatic carbocycles. The monoisotopic (exact) mass is 526 g/mol. The molecule has 3 aromatic carbocycles. The van der Waals surface area contributed by atoms with Crippen LogP contribution in [0.3, 0.4) is 0 Å². The van der Waals surface area contributed by atoms with Gasteiger partial charge in [0.15, 0.2) is 5.11 Å². The molecule has 0 unspecified atom stereocenters. The fourth-order valence-electron chi connectivity index (χ4n) is 3.03. The smallest absolute Gasteiger partial charge is 0.261 e. The van der Waals surface area contributed by atoms with Crippen LogP contribution in [0.15, 0.2) is 77.3 Å². The Labute approximate surface area is 208 Å². The SMILES string of the molecule is CCCCOc1ccc(NC(=S)NC(=O)c2cc(Br)ccc2OCCc2ccccc2)cc1. The van der Waals surface area contributed by atoms with Crippen molar-refractivity contribution in [2.75, 3.05) is 18.5 Å². The first-order valence-electron chi connectivity index (χ1n) is 10.9. The molecule has 172 valence electrons. The van der Waals surface area contributed by atoms with Crippen LogP contribution < -0.4 is 20.1 Å². The molecule has 0 saturated heterocycles. The molecule has 0 bridgehead atoms. The van der Waals surface area contributed by atoms with E-state index in [4.69, 9.17) is 21.7 Å². The third-order valence-corrected chi connectivity index (χ3v) is 5.48. The van der Waals surface area contributed by atoms with Gasteiger partial charge in [0, 0.05) is 16.6 Å². The Hall–Kier alpha value is -2.90. The van der Waals surface area contributed by atoms with E-state index in [9.17, 15) is 4.79 Å². The van der Waals surface area contributed by atoms with E-state index in [-0.39, 0.29) is 11.0 Å². The lowest BCUT2D eigenvalue weighted by Crippen LogP contribution is -2.34. The van der Waals surface area contributed by atoms with Crippen molar-refractivity contribution in [2.24, 2.45) is 0 Å². The van der Waals surface area contributed by atoms with Gasteiger partial charge in [-0.05, 0) is 66.7 Å². The number of nitrogens with one attached hydrogen (secondary N) is 2. The van der Waals surface area contributed by atoms with Gasteiger partial charge in [-0.2, -0.15) is 0 Å². The molecule has 0 radical (unpaired) electrons. The number of hydrogen-bond donors (Lipinski definition) is 2. The first-order chi connectivity index (χ1) is 16.0. The average molecular weight is 527 g/mol. The third-order valence-electron chi connectivity index (χ3n) is 4.78. The minimum Gasteiger partial charge on any atom is -0.494 e. The summed E-state index contributed by atoms with van der Waals surface area (Å²) in [5.74, 6) is 0.960. The average Bonchev–Trinajstić information content (AvgIpc) is 2.82. The Balaban J connectivity index is 1.56. The number of amides is 1. The van der Waals surface area contributed by atoms with Crippen LogP contribution >= 0.6 is 28.1 Å². The summed E-state index contributed by atoms with van der Waals surface area (Å²) < 4.78 is 12.4. The molecule has 0 aliphatic rings. The lowest BCUT2D eigenvalue weighted by molar-refractivity contribution is 0.0973. The zero-order valence-corrected chi connectivity index (χ0v) is 20.9. The van der Waals surface area contributed by atoms with Gasteiger partial charge in [0.2, 0.25) is 0 Å². The van der Waals surface area contributed by atoms with Gasteiger partial charge in [-0.15, -0.1) is 0 Å². The summed E-state index contributed by atoms with van der Waals surface area (Å²) >= 11 is 8.75. The minimum absolute atomic E-state index is 0.204. The van der Waals surface area contributed by atoms with Crippen LogP contribution in [0.5, 0.6) is 11.5 Å². The van der Waals surface area contributed by atoms with Crippen LogP contribution in [-0.2, 0) is 6.42 Å². The topological polar surface area (TPSA) is 59.6 Å². The van der Waals surface area contributed by atoms with Crippen molar-refractivity contribution >= 4 is 44.9 Å². The Morgan fingerprint density at radius 1 is 0.970 bits per heavy atom. The van der Waals surface area contributed by atoms with E-state index in [2.05, 4.69) is 33.5 Å². The predicted octanol–water partition coefficient (Wildman–Crippen LogP) is 6.38. The number of hydrogen-bond acceptors (Lipinski definition) is 4. The molecule has 0 fully saturated rings. The maximum Gasteiger partial charge on any atom is 0.261 e. The molecule has 1 amide bonds. The Morgan fingerprint density at radius 2 is 1.73 bits per heavy atom. The van der Waals surface area contributed by atoms with Gasteiger partial charge in [0.1, 0.15) is 11.5 Å². The molecule has 0 atom stereocenters. The highest BCUT2D eigenvalue weighted by Gasteiger charge is 2.15. The van der Waals surface area contributed by atoms with E-state index in [0.29, 0.717) is 24.5 Å². The van der Waals surface area contributed by atoms with Crippen LogP contribution in [0.2, 0.25) is 0 Å². The van der Waals surface area contributed by atoms with Crippen molar-refractivity contribution < 1.29 is 14.3 Å². The Morgan fingerprint density at radius 3 is 2.45 bits per heavy atom. The molecule has 7 heteroatoms. The summed E-state index contributed by atoms with van der Waals surface area (Å²) in [4.78, 5) is 12.9. The zero-order chi connectivity index (χ0) is 23.5. The molecule has 33 heavy (non-hydrogen) atoms. The van der Waals surface area contributed by atoms with E-state index in [1.165, 1.54) is 5.56 Å². The highest BCUT2D eigenvalue weighted by molar-refractivity contribution is 9.10. The molecule has 5 nitrogen and oxygen atoms in total. The van der Waals surface area contributed by atoms with Gasteiger partial charge < -0.3 is 14.8 Å². The van der Waals surface area contributed by atoms with Crippen molar-refractivity contribution in [2.45, 2.75) is 26.2 Å². The number of carbonyl (C=O) groups excluding carboxylic acids is 1. The van der Waals surface area contributed by atoms with E-state index >= 15 is 0 Å². The fraction of sp³-hybridized carbons (Fsp3) is 0.231. The number of halogens is 1. The maximum absolute atomic E-state index is 12.9. The lowest BCUT2D eigenvalue weighted by Gasteiger charge is -2.14. The molecule has 0 heterocycles. The fourth-order valence-corrected chi connectivity index (χ4v) is 3.60. The van der Waals surface area contributed by atoms with Crippen LogP contribution in [0.25, 0.3) is 0 Å². The molecule has 0 aliphatic heterocycles. The normalized spacial score (nSPS) is 10.4. The summed E-state index contributed by atoms with van der Waals surface area (Å²) in [7, 11) is 0. The second-order valence-electron chi connectivity index (χ2n) is 7.36. The van der Waals surface area contributed by atoms with Gasteiger partial charge in [-0.1, -0.05) is 59.6 Å². The Bertz CT molecular complexity index is 1060. The maximum atomic E-state index is 12.9. The highest BCUT2D eigenvalue weighted by atomic mass is 79.9. The van der Waals surface area contributed by atoms with Crippen molar-refractivity contribution in [3.05, 3.63) is 88.4 Å². The molecule has 0 aromatic heterocycles. The minimum atomic E-state index is -0.344. The number of benzene rings is 3. The van der Waals surface area contributed by atoms with E-state index in [1.807, 2.05) is 60.7 Å². The zero-order valence-electron chi connectivity index (χ0n) is 18.5. The second kappa shape index (κ2) is 13.0. The first-order valence-corrected chi connectivity index (χ1v) is 12.1. The number of rotatable bonds is 10. The Kier molecular flexibility index (Phi) is 9.72. The van der Waals surface area contributed by atoms with Crippen molar-refractivity contribution in [3.63, 3.8) is 0 Å². The van der Waals surface area contributed by atoms with E-state index in [1.54, 1.807) is 12.1 Å². The summed E-state index contributed by atoms with van der Waals surface area (Å²) in [5, 5.41) is 5.96. The molecular weight excluding hydrogens is 500 g/mol. The number of unbranched alkanes of at least 4 members (excludes halogenated alkanes) is 1. The number of thiocarbonyl (C=S) groups is 1. The lowest BCUT2D eigenvalue weighted by atomic mass is 10.1. The number of carbonyl (C=O) groups is 1. The standard InChI is InChI=1S/C26H27BrN2O3S/c1-2-3-16-31-22-12-10-21(11-13-22)28-26(33)29-25(30)23-18-20(27)9-14-24(23)32-17-15-19-7-5-4-6-8-19/h4-14,18H,2-3,15-17H2,1H3,(H2,28,29,30,33). The molecule has 0 saturated carbocycles. The predicted molar refractivity (Wildman–Crippen MR) is 140 cm³/mol. The van der Waals surface area contributed by atoms with Crippen LogP contribution in [0.4, 0.5) is 5.69 Å². The number of anilines is 1. The quantitative estimate of drug-likeness (QED) is 0.237. The summed E-state index contributed by atoms with van der Waals surface area (Å²) in [6.07, 6.45) is 2.85. The van der Waals surface area contributed by atoms with Crippen LogP contribution in [0.1, 0.15) is 35.7 Å². The summed E-state index contributed by atoms with van der Waals surface area (Å²) in [6, 6.07) is 22.9. The number of ether oxygens (including phenoxy) is 2. The molecule has 0 spiro atoms. The molecule has 3 aromatic rings. The van der Waals surface area contributed by atoms with Crippen LogP contribution in [-0.4, -0.2) is 24.2 Å². The van der Waals surface area contributed by atoms with Crippen molar-refractivity contribution in [1.82, 2.24) is 5.32 Å². The van der Waals surface area contributed by atoms with Crippen LogP contribution in [0, 0.1) is 0 Å². The van der Waals surface area contributed by atoms with Gasteiger partial charge in [-0.3, -0.25) is 10.1 Å². The van der Waals surface area contributed by atoms with Gasteiger partial charge >= 0.3 is 0 Å². The summed E-state index contributed by atoms with van der Waals surface area (Å²) in [6.45, 7) is 3.28. The molecule has 3 rings (SSSR count). The van der Waals surface area contributed by atoms with Gasteiger partial charge in [0.05, 0.1) is 18.8 Å². The highest BCUT2D eigenvalue weighted by Crippen LogP contribution is 2.24. The largest absolute Gasteiger partial charge is 0.494 e. The second-order valence-corrected chi connectivity index (χ2v) is 8.68. The third kappa shape index (κ3) is 8.18. The van der Waals surface area contributed by atoms with Crippen molar-refractivity contribution in [3.8, 4) is 11.5 Å². The van der Waals surface area contributed by atoms with Gasteiger partial charge in [0.25, 0.3) is 5.91 Å². The van der Waals surface area contributed by atoms with Crippen molar-refractivity contribution in [1.29, 1.82) is 0 Å². The van der Waals surface area contributed by atoms with Gasteiger partial charge in [-0.25, -0.2) is 0 Å².